The number of carbonyl (C=O) groups excluding carboxylic acids is 5. The number of hydrogen-bond donors (Lipinski definition) is 5. The van der Waals surface area contributed by atoms with Crippen LogP contribution in [0.4, 0.5) is 19.2 Å². The fourth-order valence-electron chi connectivity index (χ4n) is 9.07. The van der Waals surface area contributed by atoms with Crippen molar-refractivity contribution in [3.05, 3.63) is 12.2 Å². The fourth-order valence-corrected chi connectivity index (χ4v) is 120. The number of unbranched alkanes of at least 4 members (excludes halogenated alkanes) is 11. The first kappa shape index (κ1) is 91.1. The van der Waals surface area contributed by atoms with Gasteiger partial charge >= 0.3 is 101 Å². The van der Waals surface area contributed by atoms with Crippen molar-refractivity contribution in [1.29, 1.82) is 0 Å². The molecule has 0 bridgehead atoms. The van der Waals surface area contributed by atoms with Gasteiger partial charge in [-0.1, -0.05) is 77.1 Å². The van der Waals surface area contributed by atoms with E-state index in [4.69, 9.17) is 41.7 Å². The zero-order chi connectivity index (χ0) is 71.2. The van der Waals surface area contributed by atoms with Gasteiger partial charge in [-0.25, -0.2) is 24.0 Å². The summed E-state index contributed by atoms with van der Waals surface area (Å²) in [6.45, 7) is 30.7. The van der Waals surface area contributed by atoms with Crippen LogP contribution in [-0.4, -0.2) is 231 Å². The Bertz CT molecular complexity index is 2500. The van der Waals surface area contributed by atoms with Gasteiger partial charge < -0.3 is 103 Å². The van der Waals surface area contributed by atoms with Crippen LogP contribution in [0.15, 0.2) is 12.2 Å². The number of hydrogen-bond acceptors (Lipinski definition) is 24. The van der Waals surface area contributed by atoms with Gasteiger partial charge in [0, 0.05) is 50.3 Å². The summed E-state index contributed by atoms with van der Waals surface area (Å²) in [4.78, 5) is 59.6. The molecule has 94 heavy (non-hydrogen) atoms. The SMILES string of the molecule is C=C(C)C(=O)OCCNC(=O)OCCC[Si](C)(C)OC(C)(C)[Si](C)(C)CCCCCCCOC(=O)NCCCCCCNC(=O)OCCOC(=O)NCCCCCCNCOCCCCOCCC[Si](C)(C)O[Si](C)(C)[Si](=O)[Si](=O)[Si](=O)[Si](=O)[Si](=O)[Si](=O)[Si](=O)[Si](=O)[SiH]=O. The molecule has 536 valence electrons. The lowest BCUT2D eigenvalue weighted by Crippen LogP contribution is -2.59. The quantitative estimate of drug-likeness (QED) is 0.0113. The Balaban J connectivity index is 3.83. The highest BCUT2D eigenvalue weighted by molar-refractivity contribution is 7.76. The van der Waals surface area contributed by atoms with Gasteiger partial charge in [-0.15, -0.1) is 0 Å². The van der Waals surface area contributed by atoms with Gasteiger partial charge in [-0.2, -0.15) is 0 Å². The Labute approximate surface area is 572 Å². The van der Waals surface area contributed by atoms with E-state index in [0.717, 1.165) is 115 Å². The van der Waals surface area contributed by atoms with Gasteiger partial charge in [0.25, 0.3) is 0 Å². The van der Waals surface area contributed by atoms with E-state index in [9.17, 15) is 64.1 Å². The van der Waals surface area contributed by atoms with Crippen molar-refractivity contribution in [3.8, 4) is 0 Å². The number of amides is 4. The van der Waals surface area contributed by atoms with E-state index >= 15 is 0 Å². The third-order valence-corrected chi connectivity index (χ3v) is 98.1. The van der Waals surface area contributed by atoms with Crippen LogP contribution in [0.3, 0.4) is 0 Å². The monoisotopic (exact) mass is 1550 g/mol. The van der Waals surface area contributed by atoms with Crippen LogP contribution in [-0.2, 0) is 86.7 Å². The summed E-state index contributed by atoms with van der Waals surface area (Å²) < 4.78 is 161. The first-order valence-corrected chi connectivity index (χ1v) is 66.5. The van der Waals surface area contributed by atoms with Crippen LogP contribution in [0.25, 0.3) is 0 Å². The molecule has 0 aromatic rings. The van der Waals surface area contributed by atoms with Crippen LogP contribution in [0.5, 0.6) is 0 Å². The number of nitrogens with one attached hydrogen (secondary N) is 5. The normalized spacial score (nSPS) is 11.7. The number of carbonyl (C=O) groups is 5. The summed E-state index contributed by atoms with van der Waals surface area (Å²) in [5.41, 5.74) is 0.302. The minimum atomic E-state index is -3.77. The Morgan fingerprint density at radius 1 is 0.426 bits per heavy atom. The molecule has 4 amide bonds. The zero-order valence-corrected chi connectivity index (χ0v) is 70.9. The van der Waals surface area contributed by atoms with Gasteiger partial charge in [-0.05, 0) is 136 Å². The third kappa shape index (κ3) is 44.2. The molecule has 0 heterocycles. The second-order valence-electron chi connectivity index (χ2n) is 25.5. The molecule has 5 N–H and O–H groups in total. The lowest BCUT2D eigenvalue weighted by Gasteiger charge is -2.45. The fraction of sp³-hybridized carbons (Fsp3) is 0.868. The molecular weight excluding hydrogens is 1440 g/mol. The van der Waals surface area contributed by atoms with Crippen LogP contribution >= 0.6 is 0 Å². The summed E-state index contributed by atoms with van der Waals surface area (Å²) in [5.74, 6) is -0.496. The highest BCUT2D eigenvalue weighted by Gasteiger charge is 2.53. The summed E-state index contributed by atoms with van der Waals surface area (Å²) in [6, 6.07) is 2.65. The smallest absolute Gasteiger partial charge is 0.407 e. The number of esters is 1. The second-order valence-corrected chi connectivity index (χ2v) is 87.3. The highest BCUT2D eigenvalue weighted by Crippen LogP contribution is 2.34. The van der Waals surface area contributed by atoms with E-state index in [1.807, 2.05) is 13.1 Å². The Kier molecular flexibility index (Phi) is 49.7. The molecular formula is C53H109N5O23Si13. The molecule has 28 nitrogen and oxygen atoms in total. The molecule has 0 aromatic heterocycles. The predicted octanol–water partition coefficient (Wildman–Crippen LogP) is 6.18. The lowest BCUT2D eigenvalue weighted by molar-refractivity contribution is -0.138. The molecule has 0 saturated carbocycles. The predicted molar refractivity (Wildman–Crippen MR) is 371 cm³/mol. The molecule has 0 radical (unpaired) electrons. The van der Waals surface area contributed by atoms with Gasteiger partial charge in [-0.3, -0.25) is 5.32 Å². The van der Waals surface area contributed by atoms with E-state index < -0.39 is 134 Å². The Hall–Kier alpha value is -2.89. The third-order valence-electron chi connectivity index (χ3n) is 14.9. The minimum Gasteiger partial charge on any atom is -0.460 e. The highest BCUT2D eigenvalue weighted by atomic mass is 30.1. The molecule has 0 atom stereocenters. The average molecular weight is 1550 g/mol. The molecule has 0 aliphatic carbocycles. The van der Waals surface area contributed by atoms with Crippen molar-refractivity contribution >= 4 is 134 Å². The summed E-state index contributed by atoms with van der Waals surface area (Å²) >= 11 is 0. The maximum absolute atomic E-state index is 13.3. The molecule has 0 aliphatic rings. The van der Waals surface area contributed by atoms with Crippen molar-refractivity contribution in [2.45, 2.75) is 206 Å². The molecule has 0 saturated heterocycles. The van der Waals surface area contributed by atoms with Crippen molar-refractivity contribution in [2.75, 3.05) is 92.3 Å². The van der Waals surface area contributed by atoms with Crippen LogP contribution < -0.4 is 26.6 Å². The zero-order valence-electron chi connectivity index (χ0n) is 57.7. The van der Waals surface area contributed by atoms with Gasteiger partial charge in [0.1, 0.15) is 19.8 Å². The van der Waals surface area contributed by atoms with Crippen molar-refractivity contribution < 1.29 is 106 Å². The van der Waals surface area contributed by atoms with Crippen molar-refractivity contribution in [1.82, 2.24) is 26.6 Å². The van der Waals surface area contributed by atoms with E-state index in [2.05, 4.69) is 73.2 Å². The largest absolute Gasteiger partial charge is 0.460 e. The second kappa shape index (κ2) is 51.3. The first-order chi connectivity index (χ1) is 44.1. The van der Waals surface area contributed by atoms with Gasteiger partial charge in [0.2, 0.25) is 7.83 Å². The minimum absolute atomic E-state index is 0.0510. The van der Waals surface area contributed by atoms with Gasteiger partial charge in [0.05, 0.1) is 34.6 Å². The van der Waals surface area contributed by atoms with E-state index in [1.165, 1.54) is 0 Å². The molecule has 0 spiro atoms. The molecule has 0 aliphatic heterocycles. The molecule has 41 heteroatoms. The Morgan fingerprint density at radius 3 is 1.34 bits per heavy atom. The maximum Gasteiger partial charge on any atom is 0.407 e. The number of alkyl carbamates (subject to hydrolysis) is 4. The molecule has 0 aromatic carbocycles. The van der Waals surface area contributed by atoms with Gasteiger partial charge in [0.15, 0.2) is 16.6 Å². The molecule has 0 rings (SSSR count). The molecule has 0 fully saturated rings. The van der Waals surface area contributed by atoms with Crippen LogP contribution in [0, 0.1) is 0 Å². The average Bonchev–Trinajstić information content (AvgIpc) is 0.925. The first-order valence-electron chi connectivity index (χ1n) is 32.6. The summed E-state index contributed by atoms with van der Waals surface area (Å²) in [7, 11) is -39.8. The molecule has 0 unspecified atom stereocenters. The van der Waals surface area contributed by atoms with E-state index in [-0.39, 0.29) is 38.2 Å². The standard InChI is InChI=1S/C53H109N5O23Si13/c1-47(2)48(59)75-40-34-58-52(63)77-39-29-44-92(7,8)80-53(3,4)91(5,6)43-27-19-13-18-24-38-76-49(60)55-31-22-16-17-23-33-57-51(62)79-42-41-78-50(61)56-32-21-15-14-20-30-54-46-74-36-26-25-35-73-37-28-45-93(9,10)81-94(11,12)90(72)89(71)88(70)87(69)86(68)85(67)84(66)83(65)82-64/h54,82H,1,13-46H2,2-12H3,(H,55,60)(H,56,61)(H,57,62)(H,58,63). The van der Waals surface area contributed by atoms with E-state index in [0.29, 0.717) is 77.3 Å². The topological polar surface area (TPSA) is 382 Å². The van der Waals surface area contributed by atoms with Crippen LogP contribution in [0.1, 0.15) is 130 Å². The van der Waals surface area contributed by atoms with E-state index in [1.54, 1.807) is 20.0 Å². The van der Waals surface area contributed by atoms with Crippen molar-refractivity contribution in [3.63, 3.8) is 0 Å². The maximum atomic E-state index is 13.3. The van der Waals surface area contributed by atoms with Crippen molar-refractivity contribution in [2.24, 2.45) is 0 Å². The van der Waals surface area contributed by atoms with Crippen LogP contribution in [0.2, 0.25) is 70.5 Å². The lowest BCUT2D eigenvalue weighted by atomic mass is 10.2. The summed E-state index contributed by atoms with van der Waals surface area (Å²) in [5, 5.41) is 13.8. The number of ether oxygens (including phenoxy) is 7. The summed E-state index contributed by atoms with van der Waals surface area (Å²) in [6.07, 6.45) is 12.9. The Morgan fingerprint density at radius 2 is 0.819 bits per heavy atom. The number of rotatable bonds is 58.